The predicted molar refractivity (Wildman–Crippen MR) is 93.0 cm³/mol. The molecule has 2 heterocycles. The van der Waals surface area contributed by atoms with Crippen LogP contribution in [0.5, 0.6) is 0 Å². The molecule has 0 aliphatic heterocycles. The lowest BCUT2D eigenvalue weighted by Crippen LogP contribution is -2.29. The van der Waals surface area contributed by atoms with E-state index in [4.69, 9.17) is 8.83 Å². The summed E-state index contributed by atoms with van der Waals surface area (Å²) >= 11 is 0. The summed E-state index contributed by atoms with van der Waals surface area (Å²) in [6, 6.07) is 11.5. The molecule has 2 aromatic heterocycles. The summed E-state index contributed by atoms with van der Waals surface area (Å²) in [4.78, 5) is 13.1. The first-order valence-electron chi connectivity index (χ1n) is 8.61. The maximum Gasteiger partial charge on any atom is 0.200 e. The lowest BCUT2D eigenvalue weighted by atomic mass is 9.69. The van der Waals surface area contributed by atoms with Crippen molar-refractivity contribution in [2.75, 3.05) is 0 Å². The number of rotatable bonds is 1. The van der Waals surface area contributed by atoms with Gasteiger partial charge in [-0.15, -0.1) is 0 Å². The minimum absolute atomic E-state index is 0.114. The van der Waals surface area contributed by atoms with E-state index >= 15 is 0 Å². The van der Waals surface area contributed by atoms with Gasteiger partial charge in [0.25, 0.3) is 0 Å². The van der Waals surface area contributed by atoms with Crippen LogP contribution in [0.4, 0.5) is 0 Å². The Bertz CT molecular complexity index is 992. The Morgan fingerprint density at radius 2 is 1.96 bits per heavy atom. The molecule has 0 N–H and O–H groups in total. The highest BCUT2D eigenvalue weighted by molar-refractivity contribution is 5.83. The van der Waals surface area contributed by atoms with Gasteiger partial charge in [0.05, 0.1) is 17.2 Å². The fourth-order valence-electron chi connectivity index (χ4n) is 4.37. The zero-order chi connectivity index (χ0) is 16.1. The molecule has 5 rings (SSSR count). The molecule has 0 bridgehead atoms. The normalized spacial score (nSPS) is 22.8. The molecule has 1 unspecified atom stereocenters. The number of furan rings is 1. The smallest absolute Gasteiger partial charge is 0.200 e. The van der Waals surface area contributed by atoms with Gasteiger partial charge in [0.2, 0.25) is 0 Å². The van der Waals surface area contributed by atoms with E-state index in [0.717, 1.165) is 36.3 Å². The van der Waals surface area contributed by atoms with Crippen molar-refractivity contribution in [2.24, 2.45) is 5.92 Å². The lowest BCUT2D eigenvalue weighted by molar-refractivity contribution is 0.349. The van der Waals surface area contributed by atoms with Crippen molar-refractivity contribution in [1.82, 2.24) is 0 Å². The molecule has 2 atom stereocenters. The Kier molecular flexibility index (Phi) is 3.02. The average Bonchev–Trinajstić information content (AvgIpc) is 3.15. The van der Waals surface area contributed by atoms with E-state index in [0.29, 0.717) is 16.9 Å². The van der Waals surface area contributed by atoms with Crippen LogP contribution in [0.1, 0.15) is 42.3 Å². The predicted octanol–water partition coefficient (Wildman–Crippen LogP) is 4.91. The van der Waals surface area contributed by atoms with Crippen molar-refractivity contribution < 1.29 is 8.83 Å². The number of allylic oxidation sites excluding steroid dienone is 2. The van der Waals surface area contributed by atoms with Gasteiger partial charge in [-0.25, -0.2) is 0 Å². The minimum Gasteiger partial charge on any atom is -0.469 e. The zero-order valence-electron chi connectivity index (χ0n) is 13.3. The molecule has 2 aliphatic rings. The molecular formula is C21H18O3. The zero-order valence-corrected chi connectivity index (χ0v) is 13.3. The van der Waals surface area contributed by atoms with E-state index in [9.17, 15) is 4.79 Å². The van der Waals surface area contributed by atoms with Crippen LogP contribution in [0, 0.1) is 5.92 Å². The van der Waals surface area contributed by atoms with Crippen molar-refractivity contribution in [3.63, 3.8) is 0 Å². The minimum atomic E-state index is 0.114. The molecule has 24 heavy (non-hydrogen) atoms. The summed E-state index contributed by atoms with van der Waals surface area (Å²) in [6.45, 7) is 0. The molecule has 0 amide bonds. The summed E-state index contributed by atoms with van der Waals surface area (Å²) in [6.07, 6.45) is 8.00. The van der Waals surface area contributed by atoms with Gasteiger partial charge in [0.1, 0.15) is 17.1 Å². The maximum atomic E-state index is 13.1. The Morgan fingerprint density at radius 1 is 1.04 bits per heavy atom. The van der Waals surface area contributed by atoms with Crippen molar-refractivity contribution in [3.05, 3.63) is 76.0 Å². The van der Waals surface area contributed by atoms with E-state index < -0.39 is 0 Å². The van der Waals surface area contributed by atoms with Gasteiger partial charge in [-0.2, -0.15) is 0 Å². The number of hydrogen-bond acceptors (Lipinski definition) is 3. The van der Waals surface area contributed by atoms with E-state index in [1.54, 1.807) is 6.26 Å². The van der Waals surface area contributed by atoms with Gasteiger partial charge < -0.3 is 8.83 Å². The van der Waals surface area contributed by atoms with Gasteiger partial charge in [-0.05, 0) is 55.0 Å². The molecule has 0 saturated heterocycles. The highest BCUT2D eigenvalue weighted by Crippen LogP contribution is 2.48. The van der Waals surface area contributed by atoms with Crippen LogP contribution < -0.4 is 5.43 Å². The highest BCUT2D eigenvalue weighted by Gasteiger charge is 2.38. The van der Waals surface area contributed by atoms with Gasteiger partial charge in [-0.3, -0.25) is 4.79 Å². The number of hydrogen-bond donors (Lipinski definition) is 0. The van der Waals surface area contributed by atoms with Gasteiger partial charge >= 0.3 is 0 Å². The summed E-state index contributed by atoms with van der Waals surface area (Å²) in [5, 5.41) is 0.679. The first-order valence-corrected chi connectivity index (χ1v) is 8.61. The maximum absolute atomic E-state index is 13.1. The third kappa shape index (κ3) is 1.94. The van der Waals surface area contributed by atoms with Crippen LogP contribution in [0.15, 0.2) is 62.4 Å². The van der Waals surface area contributed by atoms with Gasteiger partial charge in [-0.1, -0.05) is 18.2 Å². The first-order chi connectivity index (χ1) is 11.8. The van der Waals surface area contributed by atoms with Gasteiger partial charge in [0.15, 0.2) is 5.43 Å². The quantitative estimate of drug-likeness (QED) is 0.640. The molecule has 1 aromatic carbocycles. The van der Waals surface area contributed by atoms with Crippen molar-refractivity contribution in [1.29, 1.82) is 0 Å². The van der Waals surface area contributed by atoms with Crippen molar-refractivity contribution >= 4 is 16.5 Å². The fourth-order valence-corrected chi connectivity index (χ4v) is 4.37. The standard InChI is InChI=1S/C21H18O3/c22-21-15-8-3-4-9-18(15)24-19-12-16(17-10-5-11-23-17)13-6-1-2-7-14(13)20(19)21/h3-5,7-11,13,16H,1-2,6,12H2/t13-,16?/m1/s1. The molecule has 3 nitrogen and oxygen atoms in total. The monoisotopic (exact) mass is 318 g/mol. The highest BCUT2D eigenvalue weighted by atomic mass is 16.3. The molecule has 2 aliphatic carbocycles. The van der Waals surface area contributed by atoms with Crippen LogP contribution in [0.3, 0.4) is 0 Å². The number of para-hydroxylation sites is 1. The van der Waals surface area contributed by atoms with Crippen LogP contribution >= 0.6 is 0 Å². The largest absolute Gasteiger partial charge is 0.469 e. The average molecular weight is 318 g/mol. The first kappa shape index (κ1) is 13.8. The van der Waals surface area contributed by atoms with Crippen LogP contribution in [0.25, 0.3) is 16.5 Å². The molecule has 3 heteroatoms. The Hall–Kier alpha value is -2.55. The lowest BCUT2D eigenvalue weighted by Gasteiger charge is -2.35. The summed E-state index contributed by atoms with van der Waals surface area (Å²) < 4.78 is 11.9. The summed E-state index contributed by atoms with van der Waals surface area (Å²) in [5.41, 5.74) is 2.77. The fraction of sp³-hybridized carbons (Fsp3) is 0.286. The van der Waals surface area contributed by atoms with Crippen molar-refractivity contribution in [2.45, 2.75) is 31.6 Å². The van der Waals surface area contributed by atoms with Crippen LogP contribution in [-0.4, -0.2) is 0 Å². The van der Waals surface area contributed by atoms with Gasteiger partial charge in [0, 0.05) is 12.3 Å². The molecule has 3 aromatic rings. The van der Waals surface area contributed by atoms with E-state index in [2.05, 4.69) is 6.08 Å². The Morgan fingerprint density at radius 3 is 2.83 bits per heavy atom. The van der Waals surface area contributed by atoms with E-state index in [1.165, 1.54) is 12.0 Å². The SMILES string of the molecule is O=c1c2c(oc3ccccc13)CC(c1ccco1)[C@@H]1CCCC=C21. The third-order valence-electron chi connectivity index (χ3n) is 5.44. The van der Waals surface area contributed by atoms with Crippen molar-refractivity contribution in [3.8, 4) is 0 Å². The Balaban J connectivity index is 1.78. The second-order valence-corrected chi connectivity index (χ2v) is 6.75. The molecular weight excluding hydrogens is 300 g/mol. The summed E-state index contributed by atoms with van der Waals surface area (Å²) in [5.74, 6) is 2.41. The number of benzene rings is 1. The van der Waals surface area contributed by atoms with Crippen LogP contribution in [0.2, 0.25) is 0 Å². The molecule has 0 fully saturated rings. The number of fused-ring (bicyclic) bond motifs is 4. The second kappa shape index (κ2) is 5.23. The van der Waals surface area contributed by atoms with E-state index in [-0.39, 0.29) is 11.3 Å². The third-order valence-corrected chi connectivity index (χ3v) is 5.44. The molecule has 0 saturated carbocycles. The molecule has 0 radical (unpaired) electrons. The molecule has 0 spiro atoms. The molecule has 120 valence electrons. The summed E-state index contributed by atoms with van der Waals surface area (Å²) in [7, 11) is 0. The second-order valence-electron chi connectivity index (χ2n) is 6.75. The van der Waals surface area contributed by atoms with Crippen LogP contribution in [-0.2, 0) is 6.42 Å². The Labute approximate surface area is 139 Å². The van der Waals surface area contributed by atoms with E-state index in [1.807, 2.05) is 36.4 Å². The topological polar surface area (TPSA) is 43.4 Å².